The van der Waals surface area contributed by atoms with E-state index in [0.29, 0.717) is 25.1 Å². The number of aromatic carboxylic acids is 1. The number of anilines is 1. The minimum atomic E-state index is -0.974. The number of carboxylic acids is 1. The molecule has 36 heavy (non-hydrogen) atoms. The van der Waals surface area contributed by atoms with Gasteiger partial charge < -0.3 is 19.5 Å². The summed E-state index contributed by atoms with van der Waals surface area (Å²) in [6.45, 7) is 9.59. The van der Waals surface area contributed by atoms with Gasteiger partial charge >= 0.3 is 11.9 Å². The van der Waals surface area contributed by atoms with Crippen molar-refractivity contribution in [2.45, 2.75) is 32.8 Å². The second-order valence-corrected chi connectivity index (χ2v) is 9.98. The van der Waals surface area contributed by atoms with Crippen LogP contribution in [0.25, 0.3) is 16.7 Å². The Morgan fingerprint density at radius 1 is 1.03 bits per heavy atom. The molecule has 0 radical (unpaired) electrons. The maximum Gasteiger partial charge on any atom is 0.335 e. The molecule has 2 aromatic carbocycles. The molecule has 1 saturated heterocycles. The molecule has 2 heterocycles. The Hall–Kier alpha value is -3.43. The first kappa shape index (κ1) is 25.7. The lowest BCUT2D eigenvalue weighted by atomic mass is 10.2. The Labute approximate surface area is 211 Å². The molecule has 3 aromatic rings. The third kappa shape index (κ3) is 6.03. The van der Waals surface area contributed by atoms with E-state index < -0.39 is 11.6 Å². The molecule has 0 saturated carbocycles. The topological polar surface area (TPSA) is 97.1 Å². The molecule has 9 heteroatoms. The third-order valence-corrected chi connectivity index (χ3v) is 6.10. The van der Waals surface area contributed by atoms with Crippen LogP contribution in [-0.4, -0.2) is 83.5 Å². The number of benzene rings is 2. The SMILES string of the molecule is COCCc1nc2cc(C(=O)O)ccc2n1-c1cccc(N2CCN(CC(=O)OC(C)(C)C)CC2)c1. The fourth-order valence-corrected chi connectivity index (χ4v) is 4.46. The number of esters is 1. The monoisotopic (exact) mass is 494 g/mol. The molecule has 192 valence electrons. The number of hydrogen-bond acceptors (Lipinski definition) is 7. The molecule has 0 spiro atoms. The van der Waals surface area contributed by atoms with Gasteiger partial charge in [0.1, 0.15) is 11.4 Å². The quantitative estimate of drug-likeness (QED) is 0.476. The Bertz CT molecular complexity index is 1240. The van der Waals surface area contributed by atoms with Gasteiger partial charge in [0.25, 0.3) is 0 Å². The van der Waals surface area contributed by atoms with Crippen molar-refractivity contribution in [3.05, 3.63) is 53.9 Å². The van der Waals surface area contributed by atoms with Gasteiger partial charge in [0.2, 0.25) is 0 Å². The Balaban J connectivity index is 1.54. The molecule has 0 amide bonds. The maximum atomic E-state index is 12.2. The molecule has 1 aromatic heterocycles. The summed E-state index contributed by atoms with van der Waals surface area (Å²) in [5, 5.41) is 9.39. The summed E-state index contributed by atoms with van der Waals surface area (Å²) in [5.74, 6) is -0.356. The number of ether oxygens (including phenoxy) is 2. The van der Waals surface area contributed by atoms with Gasteiger partial charge in [-0.3, -0.25) is 14.3 Å². The van der Waals surface area contributed by atoms with Crippen LogP contribution in [0.3, 0.4) is 0 Å². The number of hydrogen-bond donors (Lipinski definition) is 1. The number of piperazine rings is 1. The van der Waals surface area contributed by atoms with Gasteiger partial charge in [-0.2, -0.15) is 0 Å². The average molecular weight is 495 g/mol. The molecule has 0 unspecified atom stereocenters. The predicted molar refractivity (Wildman–Crippen MR) is 138 cm³/mol. The van der Waals surface area contributed by atoms with Crippen LogP contribution < -0.4 is 4.90 Å². The zero-order valence-electron chi connectivity index (χ0n) is 21.4. The van der Waals surface area contributed by atoms with Crippen LogP contribution >= 0.6 is 0 Å². The van der Waals surface area contributed by atoms with Crippen LogP contribution in [0.5, 0.6) is 0 Å². The van der Waals surface area contributed by atoms with Gasteiger partial charge in [-0.15, -0.1) is 0 Å². The van der Waals surface area contributed by atoms with Crippen LogP contribution in [0, 0.1) is 0 Å². The van der Waals surface area contributed by atoms with Gasteiger partial charge in [-0.1, -0.05) is 6.07 Å². The normalized spacial score (nSPS) is 14.8. The van der Waals surface area contributed by atoms with E-state index in [2.05, 4.69) is 26.5 Å². The van der Waals surface area contributed by atoms with Crippen LogP contribution in [0.15, 0.2) is 42.5 Å². The zero-order valence-corrected chi connectivity index (χ0v) is 21.4. The highest BCUT2D eigenvalue weighted by Crippen LogP contribution is 2.27. The number of carbonyl (C=O) groups excluding carboxylic acids is 1. The molecule has 1 fully saturated rings. The lowest BCUT2D eigenvalue weighted by Gasteiger charge is -2.36. The summed E-state index contributed by atoms with van der Waals surface area (Å²) >= 11 is 0. The molecule has 1 N–H and O–H groups in total. The van der Waals surface area contributed by atoms with Gasteiger partial charge in [-0.25, -0.2) is 9.78 Å². The van der Waals surface area contributed by atoms with Crippen molar-refractivity contribution in [1.82, 2.24) is 14.5 Å². The molecule has 0 atom stereocenters. The third-order valence-electron chi connectivity index (χ3n) is 6.10. The van der Waals surface area contributed by atoms with E-state index in [1.54, 1.807) is 19.2 Å². The summed E-state index contributed by atoms with van der Waals surface area (Å²) in [6.07, 6.45) is 0.598. The van der Waals surface area contributed by atoms with E-state index in [4.69, 9.17) is 14.5 Å². The lowest BCUT2D eigenvalue weighted by Crippen LogP contribution is -2.48. The molecule has 1 aliphatic rings. The Kier molecular flexibility index (Phi) is 7.61. The van der Waals surface area contributed by atoms with E-state index in [1.807, 2.05) is 39.0 Å². The number of imidazole rings is 1. The Morgan fingerprint density at radius 2 is 1.75 bits per heavy atom. The van der Waals surface area contributed by atoms with Gasteiger partial charge in [0.15, 0.2) is 0 Å². The van der Waals surface area contributed by atoms with Crippen LogP contribution in [0.2, 0.25) is 0 Å². The molecular weight excluding hydrogens is 460 g/mol. The fourth-order valence-electron chi connectivity index (χ4n) is 4.46. The highest BCUT2D eigenvalue weighted by molar-refractivity contribution is 5.93. The molecule has 4 rings (SSSR count). The van der Waals surface area contributed by atoms with E-state index in [9.17, 15) is 14.7 Å². The van der Waals surface area contributed by atoms with E-state index in [1.165, 1.54) is 0 Å². The smallest absolute Gasteiger partial charge is 0.335 e. The maximum absolute atomic E-state index is 12.2. The first-order chi connectivity index (χ1) is 17.1. The van der Waals surface area contributed by atoms with Crippen molar-refractivity contribution in [1.29, 1.82) is 0 Å². The number of carboxylic acid groups (broad SMARTS) is 1. The van der Waals surface area contributed by atoms with Crippen molar-refractivity contribution in [2.75, 3.05) is 51.3 Å². The number of methoxy groups -OCH3 is 1. The van der Waals surface area contributed by atoms with E-state index in [0.717, 1.165) is 48.9 Å². The number of nitrogens with zero attached hydrogens (tertiary/aromatic N) is 4. The van der Waals surface area contributed by atoms with E-state index >= 15 is 0 Å². The Morgan fingerprint density at radius 3 is 2.42 bits per heavy atom. The van der Waals surface area contributed by atoms with Crippen molar-refractivity contribution in [3.8, 4) is 5.69 Å². The van der Waals surface area contributed by atoms with Crippen LogP contribution in [-0.2, 0) is 20.7 Å². The fraction of sp³-hybridized carbons (Fsp3) is 0.444. The summed E-state index contributed by atoms with van der Waals surface area (Å²) < 4.78 is 12.8. The molecule has 1 aliphatic heterocycles. The first-order valence-corrected chi connectivity index (χ1v) is 12.2. The number of aromatic nitrogens is 2. The van der Waals surface area contributed by atoms with Crippen LogP contribution in [0.1, 0.15) is 37.0 Å². The van der Waals surface area contributed by atoms with Gasteiger partial charge in [0.05, 0.1) is 29.7 Å². The number of carbonyl (C=O) groups is 2. The van der Waals surface area contributed by atoms with Crippen molar-refractivity contribution in [3.63, 3.8) is 0 Å². The average Bonchev–Trinajstić information content (AvgIpc) is 3.19. The second kappa shape index (κ2) is 10.7. The predicted octanol–water partition coefficient (Wildman–Crippen LogP) is 3.38. The van der Waals surface area contributed by atoms with Gasteiger partial charge in [-0.05, 0) is 57.2 Å². The molecule has 0 bridgehead atoms. The summed E-state index contributed by atoms with van der Waals surface area (Å²) in [4.78, 5) is 32.8. The van der Waals surface area contributed by atoms with E-state index in [-0.39, 0.29) is 11.5 Å². The molecule has 0 aliphatic carbocycles. The van der Waals surface area contributed by atoms with Gasteiger partial charge in [0, 0.05) is 51.1 Å². The van der Waals surface area contributed by atoms with Crippen molar-refractivity contribution < 1.29 is 24.2 Å². The standard InChI is InChI=1S/C27H34N4O5/c1-27(2,3)36-25(32)18-29-11-13-30(14-12-29)20-6-5-7-21(17-20)31-23-9-8-19(26(33)34)16-22(23)28-24(31)10-15-35-4/h5-9,16-17H,10-15,18H2,1-4H3,(H,33,34). The first-order valence-electron chi connectivity index (χ1n) is 12.2. The summed E-state index contributed by atoms with van der Waals surface area (Å²) in [7, 11) is 1.65. The highest BCUT2D eigenvalue weighted by atomic mass is 16.6. The van der Waals surface area contributed by atoms with Crippen molar-refractivity contribution in [2.24, 2.45) is 0 Å². The minimum Gasteiger partial charge on any atom is -0.478 e. The summed E-state index contributed by atoms with van der Waals surface area (Å²) in [5.41, 5.74) is 3.27. The summed E-state index contributed by atoms with van der Waals surface area (Å²) in [6, 6.07) is 13.3. The van der Waals surface area contributed by atoms with Crippen LogP contribution in [0.4, 0.5) is 5.69 Å². The largest absolute Gasteiger partial charge is 0.478 e. The number of fused-ring (bicyclic) bond motifs is 1. The highest BCUT2D eigenvalue weighted by Gasteiger charge is 2.23. The lowest BCUT2D eigenvalue weighted by molar-refractivity contribution is -0.156. The number of rotatable bonds is 8. The second-order valence-electron chi connectivity index (χ2n) is 9.98. The van der Waals surface area contributed by atoms with Crippen molar-refractivity contribution >= 4 is 28.7 Å². The zero-order chi connectivity index (χ0) is 25.9. The minimum absolute atomic E-state index is 0.195. The molecule has 9 nitrogen and oxygen atoms in total. The molecular formula is C27H34N4O5.